The van der Waals surface area contributed by atoms with Crippen molar-refractivity contribution in [3.05, 3.63) is 60.2 Å². The monoisotopic (exact) mass is 426 g/mol. The molecule has 9 heteroatoms. The minimum absolute atomic E-state index is 0.156. The van der Waals surface area contributed by atoms with Crippen LogP contribution in [-0.2, 0) is 11.2 Å². The molecular formula is C22H31BN4O4. The minimum Gasteiger partial charge on any atom is -0.426 e. The molecule has 2 rings (SSSR count). The maximum absolute atomic E-state index is 13.3. The minimum atomic E-state index is -1.67. The first kappa shape index (κ1) is 24.5. The van der Waals surface area contributed by atoms with E-state index in [1.165, 1.54) is 28.4 Å². The van der Waals surface area contributed by atoms with Crippen LogP contribution in [0.25, 0.3) is 0 Å². The number of hydrogen-bond donors (Lipinski definition) is 2. The van der Waals surface area contributed by atoms with Crippen LogP contribution in [0.15, 0.2) is 48.9 Å². The number of nitrogens with zero attached hydrogens (tertiary/aromatic N) is 4. The van der Waals surface area contributed by atoms with Gasteiger partial charge in [0.05, 0.1) is 12.1 Å². The molecule has 0 spiro atoms. The second kappa shape index (κ2) is 12.2. The van der Waals surface area contributed by atoms with E-state index in [4.69, 9.17) is 0 Å². The van der Waals surface area contributed by atoms with Crippen LogP contribution in [0.5, 0.6) is 0 Å². The molecule has 0 aliphatic carbocycles. The van der Waals surface area contributed by atoms with Gasteiger partial charge < -0.3 is 19.8 Å². The normalized spacial score (nSPS) is 12.7. The molecule has 0 bridgehead atoms. The van der Waals surface area contributed by atoms with Gasteiger partial charge in [-0.3, -0.25) is 14.6 Å². The van der Waals surface area contributed by atoms with E-state index in [-0.39, 0.29) is 11.6 Å². The summed E-state index contributed by atoms with van der Waals surface area (Å²) in [7, 11) is 1.44. The van der Waals surface area contributed by atoms with E-state index >= 15 is 0 Å². The first-order chi connectivity index (χ1) is 14.9. The lowest BCUT2D eigenvalue weighted by molar-refractivity contribution is -0.136. The van der Waals surface area contributed by atoms with Crippen molar-refractivity contribution < 1.29 is 19.6 Å². The second-order valence-corrected chi connectivity index (χ2v) is 7.62. The first-order valence-corrected chi connectivity index (χ1v) is 10.6. The maximum Gasteiger partial charge on any atom is 0.475 e. The molecule has 0 saturated heterocycles. The first-order valence-electron chi connectivity index (χ1n) is 10.6. The Bertz CT molecular complexity index is 823. The highest BCUT2D eigenvalue weighted by Gasteiger charge is 2.36. The fourth-order valence-electron chi connectivity index (χ4n) is 3.59. The third kappa shape index (κ3) is 6.87. The van der Waals surface area contributed by atoms with E-state index in [0.717, 1.165) is 12.0 Å². The van der Waals surface area contributed by atoms with Gasteiger partial charge in [0.1, 0.15) is 11.7 Å². The van der Waals surface area contributed by atoms with Crippen LogP contribution in [0.4, 0.5) is 0 Å². The molecule has 1 aromatic heterocycles. The topological polar surface area (TPSA) is 107 Å². The van der Waals surface area contributed by atoms with Crippen LogP contribution < -0.4 is 0 Å². The molecule has 1 aromatic carbocycles. The number of amides is 2. The number of aromatic nitrogens is 2. The molecule has 0 saturated carbocycles. The predicted molar refractivity (Wildman–Crippen MR) is 119 cm³/mol. The Morgan fingerprint density at radius 1 is 1.06 bits per heavy atom. The number of hydrogen-bond acceptors (Lipinski definition) is 6. The van der Waals surface area contributed by atoms with Gasteiger partial charge in [0.15, 0.2) is 0 Å². The standard InChI is InChI=1S/C22H31BN4O4/c1-4-9-19(26(2)21(28)18-16-24-14-15-25-18)22(29)27(3)20(23(30)31)13-8-12-17-10-6-5-7-11-17/h5-7,10-11,14-16,19-20,30-31H,4,8-9,12-13H2,1-3H3/t19-,20+/m1/s1. The number of likely N-dealkylation sites (N-methyl/N-ethyl adjacent to an activating group) is 2. The Labute approximate surface area is 184 Å². The Morgan fingerprint density at radius 3 is 2.35 bits per heavy atom. The predicted octanol–water partition coefficient (Wildman–Crippen LogP) is 1.58. The van der Waals surface area contributed by atoms with E-state index in [0.29, 0.717) is 25.7 Å². The molecule has 2 N–H and O–H groups in total. The van der Waals surface area contributed by atoms with Crippen molar-refractivity contribution in [1.29, 1.82) is 0 Å². The van der Waals surface area contributed by atoms with Gasteiger partial charge in [-0.2, -0.15) is 0 Å². The molecule has 2 atom stereocenters. The van der Waals surface area contributed by atoms with Gasteiger partial charge >= 0.3 is 7.12 Å². The molecule has 0 radical (unpaired) electrons. The lowest BCUT2D eigenvalue weighted by Crippen LogP contribution is -2.55. The molecule has 0 fully saturated rings. The lowest BCUT2D eigenvalue weighted by Gasteiger charge is -2.34. The van der Waals surface area contributed by atoms with E-state index in [1.807, 2.05) is 37.3 Å². The van der Waals surface area contributed by atoms with Gasteiger partial charge in [0, 0.05) is 26.5 Å². The van der Waals surface area contributed by atoms with Crippen LogP contribution in [0.3, 0.4) is 0 Å². The summed E-state index contributed by atoms with van der Waals surface area (Å²) in [5.41, 5.74) is 1.31. The van der Waals surface area contributed by atoms with Crippen LogP contribution in [-0.4, -0.2) is 74.8 Å². The zero-order valence-electron chi connectivity index (χ0n) is 18.4. The lowest BCUT2D eigenvalue weighted by atomic mass is 9.75. The summed E-state index contributed by atoms with van der Waals surface area (Å²) < 4.78 is 0. The van der Waals surface area contributed by atoms with Crippen LogP contribution in [0.2, 0.25) is 0 Å². The number of aryl methyl sites for hydroxylation is 1. The largest absolute Gasteiger partial charge is 0.475 e. The van der Waals surface area contributed by atoms with Crippen molar-refractivity contribution in [2.45, 2.75) is 51.0 Å². The quantitative estimate of drug-likeness (QED) is 0.529. The highest BCUT2D eigenvalue weighted by atomic mass is 16.4. The highest BCUT2D eigenvalue weighted by Crippen LogP contribution is 2.17. The third-order valence-electron chi connectivity index (χ3n) is 5.41. The van der Waals surface area contributed by atoms with Gasteiger partial charge in [-0.25, -0.2) is 4.98 Å². The Hall–Kier alpha value is -2.78. The van der Waals surface area contributed by atoms with Crippen molar-refractivity contribution in [1.82, 2.24) is 19.8 Å². The van der Waals surface area contributed by atoms with Crippen molar-refractivity contribution in [2.24, 2.45) is 0 Å². The molecule has 1 heterocycles. The summed E-state index contributed by atoms with van der Waals surface area (Å²) in [5.74, 6) is -1.51. The van der Waals surface area contributed by atoms with Gasteiger partial charge in [-0.15, -0.1) is 0 Å². The number of rotatable bonds is 11. The van der Waals surface area contributed by atoms with Crippen LogP contribution in [0.1, 0.15) is 48.7 Å². The van der Waals surface area contributed by atoms with Gasteiger partial charge in [-0.05, 0) is 31.2 Å². The highest BCUT2D eigenvalue weighted by molar-refractivity contribution is 6.43. The maximum atomic E-state index is 13.3. The van der Waals surface area contributed by atoms with Crippen molar-refractivity contribution in [2.75, 3.05) is 14.1 Å². The van der Waals surface area contributed by atoms with E-state index in [9.17, 15) is 19.6 Å². The van der Waals surface area contributed by atoms with Gasteiger partial charge in [0.2, 0.25) is 5.91 Å². The van der Waals surface area contributed by atoms with Gasteiger partial charge in [-0.1, -0.05) is 43.7 Å². The summed E-state index contributed by atoms with van der Waals surface area (Å²) in [6, 6.07) is 9.17. The summed E-state index contributed by atoms with van der Waals surface area (Å²) in [5, 5.41) is 19.9. The van der Waals surface area contributed by atoms with E-state index in [2.05, 4.69) is 9.97 Å². The average molecular weight is 426 g/mol. The average Bonchev–Trinajstić information content (AvgIpc) is 2.79. The van der Waals surface area contributed by atoms with Crippen molar-refractivity contribution in [3.63, 3.8) is 0 Å². The van der Waals surface area contributed by atoms with Crippen LogP contribution in [0, 0.1) is 0 Å². The van der Waals surface area contributed by atoms with Crippen molar-refractivity contribution >= 4 is 18.9 Å². The molecular weight excluding hydrogens is 395 g/mol. The molecule has 0 aliphatic rings. The fourth-order valence-corrected chi connectivity index (χ4v) is 3.59. The number of carbonyl (C=O) groups is 2. The number of carbonyl (C=O) groups excluding carboxylic acids is 2. The molecule has 2 aromatic rings. The SMILES string of the molecule is CCC[C@H](C(=O)N(C)[C@@H](CCCc1ccccc1)B(O)O)N(C)C(=O)c1cnccn1. The fraction of sp³-hybridized carbons (Fsp3) is 0.455. The van der Waals surface area contributed by atoms with Gasteiger partial charge in [0.25, 0.3) is 5.91 Å². The molecule has 31 heavy (non-hydrogen) atoms. The smallest absolute Gasteiger partial charge is 0.426 e. The molecule has 2 amide bonds. The molecule has 0 aliphatic heterocycles. The third-order valence-corrected chi connectivity index (χ3v) is 5.41. The Morgan fingerprint density at radius 2 is 1.77 bits per heavy atom. The van der Waals surface area contributed by atoms with Crippen LogP contribution >= 0.6 is 0 Å². The zero-order chi connectivity index (χ0) is 22.8. The van der Waals surface area contributed by atoms with E-state index in [1.54, 1.807) is 14.1 Å². The molecule has 8 nitrogen and oxygen atoms in total. The summed E-state index contributed by atoms with van der Waals surface area (Å²) in [6.45, 7) is 1.93. The molecule has 166 valence electrons. The van der Waals surface area contributed by atoms with Crippen molar-refractivity contribution in [3.8, 4) is 0 Å². The summed E-state index contributed by atoms with van der Waals surface area (Å²) in [4.78, 5) is 36.7. The number of benzene rings is 1. The zero-order valence-corrected chi connectivity index (χ0v) is 18.4. The summed E-state index contributed by atoms with van der Waals surface area (Å²) >= 11 is 0. The second-order valence-electron chi connectivity index (χ2n) is 7.62. The Kier molecular flexibility index (Phi) is 9.62. The Balaban J connectivity index is 2.09. The molecule has 0 unspecified atom stereocenters. The van der Waals surface area contributed by atoms with E-state index < -0.39 is 25.0 Å². The summed E-state index contributed by atoms with van der Waals surface area (Å²) in [6.07, 6.45) is 7.28.